The van der Waals surface area contributed by atoms with Crippen molar-refractivity contribution >= 4 is 23.3 Å². The number of amides is 1. The summed E-state index contributed by atoms with van der Waals surface area (Å²) in [6.45, 7) is 7.03. The third kappa shape index (κ3) is 9.30. The lowest BCUT2D eigenvalue weighted by Crippen LogP contribution is -2.28. The molecule has 0 atom stereocenters. The molecule has 0 fully saturated rings. The van der Waals surface area contributed by atoms with Gasteiger partial charge in [0.15, 0.2) is 0 Å². The zero-order valence-corrected chi connectivity index (χ0v) is 24.8. The summed E-state index contributed by atoms with van der Waals surface area (Å²) in [4.78, 5) is 34.1. The number of rotatable bonds is 15. The number of carboxylic acids is 1. The van der Waals surface area contributed by atoms with Crippen molar-refractivity contribution in [3.05, 3.63) is 119 Å². The maximum atomic E-state index is 12.7. The number of aryl methyl sites for hydroxylation is 1. The van der Waals surface area contributed by atoms with Crippen LogP contribution < -0.4 is 20.3 Å². The average Bonchev–Trinajstić information content (AvgIpc) is 3.01. The van der Waals surface area contributed by atoms with E-state index in [0.717, 1.165) is 22.4 Å². The molecule has 0 unspecified atom stereocenters. The lowest BCUT2D eigenvalue weighted by Gasteiger charge is -2.25. The molecular formula is C34H36N2O8. The van der Waals surface area contributed by atoms with Crippen LogP contribution in [0.1, 0.15) is 51.3 Å². The van der Waals surface area contributed by atoms with E-state index in [0.29, 0.717) is 37.0 Å². The molecule has 0 saturated heterocycles. The Morgan fingerprint density at radius 3 is 1.89 bits per heavy atom. The molecule has 4 N–H and O–H groups in total. The van der Waals surface area contributed by atoms with Gasteiger partial charge in [0.2, 0.25) is 0 Å². The van der Waals surface area contributed by atoms with Crippen LogP contribution in [0.3, 0.4) is 0 Å². The Bertz CT molecular complexity index is 1550. The summed E-state index contributed by atoms with van der Waals surface area (Å²) in [6, 6.07) is 26.5. The van der Waals surface area contributed by atoms with Gasteiger partial charge in [-0.3, -0.25) is 20.4 Å². The predicted molar refractivity (Wildman–Crippen MR) is 166 cm³/mol. The first-order valence-electron chi connectivity index (χ1n) is 14.0. The molecule has 10 nitrogen and oxygen atoms in total. The van der Waals surface area contributed by atoms with Gasteiger partial charge < -0.3 is 19.9 Å². The van der Waals surface area contributed by atoms with Crippen LogP contribution in [0.15, 0.2) is 91.0 Å². The molecule has 0 spiro atoms. The molecule has 4 rings (SSSR count). The number of hydrogen-bond acceptors (Lipinski definition) is 8. The minimum Gasteiger partial charge on any atom is -0.493 e. The number of carbonyl (C=O) groups excluding carboxylic acids is 1. The van der Waals surface area contributed by atoms with Gasteiger partial charge in [-0.05, 0) is 78.7 Å². The minimum atomic E-state index is -1.15. The quantitative estimate of drug-likeness (QED) is 0.0843. The second-order valence-corrected chi connectivity index (χ2v) is 11.0. The summed E-state index contributed by atoms with van der Waals surface area (Å²) in [5.41, 5.74) is 6.42. The molecule has 0 aliphatic heterocycles. The number of nitrogens with one attached hydrogen (secondary N) is 2. The standard InChI is InChI=1S/C34H36N2O8/c1-23-8-17-30(31(18-23)33(38)39)32(37)35-26-9-13-28(14-10-26)41-21-34(2,3)22-42-29-15-11-27(12-16-29)36-43-19-24-6-4-5-7-25(24)20-44-40/h4-18,36,40H,19-22H2,1-3H3,(H,35,37)(H,38,39). The molecule has 0 aliphatic rings. The summed E-state index contributed by atoms with van der Waals surface area (Å²) < 4.78 is 12.0. The van der Waals surface area contributed by atoms with E-state index in [1.54, 1.807) is 37.3 Å². The summed E-state index contributed by atoms with van der Waals surface area (Å²) in [5.74, 6) is -0.326. The van der Waals surface area contributed by atoms with E-state index in [2.05, 4.69) is 15.7 Å². The zero-order valence-electron chi connectivity index (χ0n) is 24.8. The molecule has 0 aromatic heterocycles. The second kappa shape index (κ2) is 15.0. The van der Waals surface area contributed by atoms with Crippen LogP contribution in [-0.2, 0) is 22.9 Å². The Hall–Kier alpha value is -4.90. The molecule has 44 heavy (non-hydrogen) atoms. The van der Waals surface area contributed by atoms with Gasteiger partial charge in [0, 0.05) is 11.1 Å². The SMILES string of the molecule is Cc1ccc(C(=O)Nc2ccc(OCC(C)(C)COc3ccc(NOCc4ccccc4COO)cc3)cc2)c(C(=O)O)c1. The lowest BCUT2D eigenvalue weighted by molar-refractivity contribution is -0.253. The Kier molecular flexibility index (Phi) is 10.9. The molecule has 10 heteroatoms. The van der Waals surface area contributed by atoms with Crippen molar-refractivity contribution in [3.8, 4) is 11.5 Å². The summed E-state index contributed by atoms with van der Waals surface area (Å²) in [5, 5.41) is 20.9. The van der Waals surface area contributed by atoms with Crippen molar-refractivity contribution in [2.24, 2.45) is 5.41 Å². The van der Waals surface area contributed by atoms with Gasteiger partial charge in [0.05, 0.1) is 36.6 Å². The van der Waals surface area contributed by atoms with Crippen LogP contribution in [0.5, 0.6) is 11.5 Å². The first kappa shape index (κ1) is 32.0. The van der Waals surface area contributed by atoms with Crippen molar-refractivity contribution in [3.63, 3.8) is 0 Å². The largest absolute Gasteiger partial charge is 0.493 e. The Morgan fingerprint density at radius 1 is 0.750 bits per heavy atom. The molecule has 1 amide bonds. The number of anilines is 2. The highest BCUT2D eigenvalue weighted by Crippen LogP contribution is 2.24. The molecule has 230 valence electrons. The Balaban J connectivity index is 1.21. The van der Waals surface area contributed by atoms with Gasteiger partial charge in [0.1, 0.15) is 18.1 Å². The highest BCUT2D eigenvalue weighted by Gasteiger charge is 2.21. The fourth-order valence-electron chi connectivity index (χ4n) is 4.19. The number of aromatic carboxylic acids is 1. The van der Waals surface area contributed by atoms with E-state index in [1.165, 1.54) is 12.1 Å². The third-order valence-electron chi connectivity index (χ3n) is 6.63. The minimum absolute atomic E-state index is 0.0440. The summed E-state index contributed by atoms with van der Waals surface area (Å²) in [6.07, 6.45) is 0. The number of carbonyl (C=O) groups is 2. The zero-order chi connectivity index (χ0) is 31.5. The van der Waals surface area contributed by atoms with E-state index in [1.807, 2.05) is 62.4 Å². The van der Waals surface area contributed by atoms with E-state index in [-0.39, 0.29) is 23.1 Å². The van der Waals surface area contributed by atoms with Gasteiger partial charge in [-0.1, -0.05) is 49.7 Å². The first-order chi connectivity index (χ1) is 21.1. The van der Waals surface area contributed by atoms with E-state index in [4.69, 9.17) is 19.6 Å². The van der Waals surface area contributed by atoms with Gasteiger partial charge in [-0.2, -0.15) is 0 Å². The van der Waals surface area contributed by atoms with Crippen molar-refractivity contribution in [2.75, 3.05) is 24.0 Å². The smallest absolute Gasteiger partial charge is 0.336 e. The predicted octanol–water partition coefficient (Wildman–Crippen LogP) is 6.96. The van der Waals surface area contributed by atoms with Crippen molar-refractivity contribution in [1.82, 2.24) is 0 Å². The number of benzene rings is 4. The fraction of sp³-hybridized carbons (Fsp3) is 0.235. The normalized spacial score (nSPS) is 11.1. The highest BCUT2D eigenvalue weighted by molar-refractivity contribution is 6.10. The van der Waals surface area contributed by atoms with Crippen LogP contribution in [0.4, 0.5) is 11.4 Å². The van der Waals surface area contributed by atoms with Crippen LogP contribution in [-0.4, -0.2) is 35.5 Å². The summed E-state index contributed by atoms with van der Waals surface area (Å²) >= 11 is 0. The van der Waals surface area contributed by atoms with E-state index in [9.17, 15) is 14.7 Å². The van der Waals surface area contributed by atoms with Gasteiger partial charge in [0.25, 0.3) is 5.91 Å². The van der Waals surface area contributed by atoms with E-state index >= 15 is 0 Å². The van der Waals surface area contributed by atoms with Crippen molar-refractivity contribution in [2.45, 2.75) is 34.0 Å². The topological polar surface area (TPSA) is 136 Å². The molecule has 0 radical (unpaired) electrons. The highest BCUT2D eigenvalue weighted by atomic mass is 17.1. The second-order valence-electron chi connectivity index (χ2n) is 11.0. The number of hydrogen-bond donors (Lipinski definition) is 4. The van der Waals surface area contributed by atoms with Crippen molar-refractivity contribution in [1.29, 1.82) is 0 Å². The molecule has 0 bridgehead atoms. The van der Waals surface area contributed by atoms with Crippen LogP contribution in [0.25, 0.3) is 0 Å². The van der Waals surface area contributed by atoms with Crippen LogP contribution in [0, 0.1) is 12.3 Å². The molecular weight excluding hydrogens is 564 g/mol. The molecule has 0 aliphatic carbocycles. The van der Waals surface area contributed by atoms with Crippen molar-refractivity contribution < 1.29 is 39.2 Å². The van der Waals surface area contributed by atoms with Gasteiger partial charge in [-0.25, -0.2) is 9.68 Å². The number of ether oxygens (including phenoxy) is 2. The van der Waals surface area contributed by atoms with Crippen LogP contribution in [0.2, 0.25) is 0 Å². The van der Waals surface area contributed by atoms with Gasteiger partial charge >= 0.3 is 5.97 Å². The maximum Gasteiger partial charge on any atom is 0.336 e. The maximum absolute atomic E-state index is 12.7. The summed E-state index contributed by atoms with van der Waals surface area (Å²) in [7, 11) is 0. The Labute approximate surface area is 256 Å². The van der Waals surface area contributed by atoms with E-state index < -0.39 is 11.9 Å². The average molecular weight is 601 g/mol. The molecule has 0 saturated carbocycles. The Morgan fingerprint density at radius 2 is 1.32 bits per heavy atom. The molecule has 0 heterocycles. The number of carboxylic acid groups (broad SMARTS) is 1. The molecule has 4 aromatic carbocycles. The first-order valence-corrected chi connectivity index (χ1v) is 14.0. The van der Waals surface area contributed by atoms with Crippen LogP contribution >= 0.6 is 0 Å². The van der Waals surface area contributed by atoms with Gasteiger partial charge in [-0.15, -0.1) is 0 Å². The monoisotopic (exact) mass is 600 g/mol. The lowest BCUT2D eigenvalue weighted by atomic mass is 9.96. The third-order valence-corrected chi connectivity index (χ3v) is 6.63. The fourth-order valence-corrected chi connectivity index (χ4v) is 4.19. The molecule has 4 aromatic rings.